The molecule has 1 aromatic rings. The van der Waals surface area contributed by atoms with Crippen LogP contribution in [-0.2, 0) is 16.4 Å². The van der Waals surface area contributed by atoms with Crippen molar-refractivity contribution in [1.82, 2.24) is 10.2 Å². The van der Waals surface area contributed by atoms with Gasteiger partial charge in [-0.05, 0) is 38.5 Å². The molecule has 0 atom stereocenters. The van der Waals surface area contributed by atoms with Gasteiger partial charge < -0.3 is 10.2 Å². The third-order valence-corrected chi connectivity index (χ3v) is 6.63. The lowest BCUT2D eigenvalue weighted by atomic mass is 10.2. The second kappa shape index (κ2) is 9.96. The number of nitrogens with zero attached hydrogens (tertiary/aromatic N) is 2. The van der Waals surface area contributed by atoms with Gasteiger partial charge in [-0.25, -0.2) is 8.42 Å². The van der Waals surface area contributed by atoms with E-state index in [2.05, 4.69) is 26.2 Å². The maximum absolute atomic E-state index is 12.1. The third kappa shape index (κ3) is 7.26. The zero-order valence-corrected chi connectivity index (χ0v) is 19.6. The van der Waals surface area contributed by atoms with Crippen LogP contribution in [0.15, 0.2) is 33.7 Å². The van der Waals surface area contributed by atoms with E-state index in [0.29, 0.717) is 19.0 Å². The van der Waals surface area contributed by atoms with Gasteiger partial charge in [-0.2, -0.15) is 0 Å². The molecule has 5 nitrogen and oxygen atoms in total. The number of hydrogen-bond donors (Lipinski definition) is 1. The van der Waals surface area contributed by atoms with Crippen LogP contribution in [0.3, 0.4) is 0 Å². The fourth-order valence-corrected chi connectivity index (χ4v) is 3.17. The van der Waals surface area contributed by atoms with E-state index in [9.17, 15) is 8.42 Å². The lowest BCUT2D eigenvalue weighted by Crippen LogP contribution is -2.42. The van der Waals surface area contributed by atoms with Crippen molar-refractivity contribution < 1.29 is 8.42 Å². The molecule has 0 radical (unpaired) electrons. The molecule has 1 rings (SSSR count). The molecular formula is C16H27BrIN3O2S. The molecule has 0 aliphatic heterocycles. The summed E-state index contributed by atoms with van der Waals surface area (Å²) in [5.41, 5.74) is 1.15. The zero-order valence-electron chi connectivity index (χ0n) is 14.8. The normalized spacial score (nSPS) is 12.5. The van der Waals surface area contributed by atoms with E-state index >= 15 is 0 Å². The first-order chi connectivity index (χ1) is 10.6. The monoisotopic (exact) mass is 531 g/mol. The van der Waals surface area contributed by atoms with Crippen molar-refractivity contribution in [3.63, 3.8) is 0 Å². The van der Waals surface area contributed by atoms with Crippen LogP contribution in [0.1, 0.15) is 26.3 Å². The molecule has 0 heterocycles. The molecule has 0 amide bonds. The molecular weight excluding hydrogens is 505 g/mol. The number of rotatable bonds is 5. The van der Waals surface area contributed by atoms with Crippen molar-refractivity contribution in [3.8, 4) is 0 Å². The first-order valence-electron chi connectivity index (χ1n) is 7.45. The highest BCUT2D eigenvalue weighted by molar-refractivity contribution is 14.0. The van der Waals surface area contributed by atoms with Crippen LogP contribution in [0, 0.1) is 0 Å². The Morgan fingerprint density at radius 1 is 1.25 bits per heavy atom. The average molecular weight is 532 g/mol. The minimum absolute atomic E-state index is 0. The summed E-state index contributed by atoms with van der Waals surface area (Å²) in [5.74, 6) is 0.763. The second-order valence-corrected chi connectivity index (χ2v) is 10.2. The van der Waals surface area contributed by atoms with Crippen molar-refractivity contribution >= 4 is 55.7 Å². The average Bonchev–Trinajstić information content (AvgIpc) is 2.44. The summed E-state index contributed by atoms with van der Waals surface area (Å²) in [6.07, 6.45) is 0. The van der Waals surface area contributed by atoms with Gasteiger partial charge in [-0.1, -0.05) is 28.1 Å². The number of sulfone groups is 1. The molecule has 0 saturated carbocycles. The van der Waals surface area contributed by atoms with E-state index in [-0.39, 0.29) is 29.7 Å². The van der Waals surface area contributed by atoms with Crippen molar-refractivity contribution in [2.24, 2.45) is 4.99 Å². The maximum atomic E-state index is 12.1. The maximum Gasteiger partial charge on any atom is 0.193 e. The fourth-order valence-electron chi connectivity index (χ4n) is 1.93. The van der Waals surface area contributed by atoms with Crippen LogP contribution < -0.4 is 5.32 Å². The molecule has 1 aromatic carbocycles. The first kappa shape index (κ1) is 23.6. The van der Waals surface area contributed by atoms with E-state index in [1.807, 2.05) is 36.2 Å². The molecule has 24 heavy (non-hydrogen) atoms. The number of halogens is 2. The summed E-state index contributed by atoms with van der Waals surface area (Å²) in [4.78, 5) is 6.18. The van der Waals surface area contributed by atoms with Crippen LogP contribution in [0.25, 0.3) is 0 Å². The molecule has 0 spiro atoms. The number of hydrogen-bond acceptors (Lipinski definition) is 3. The molecule has 0 fully saturated rings. The second-order valence-electron chi connectivity index (χ2n) is 6.39. The van der Waals surface area contributed by atoms with Gasteiger partial charge in [-0.15, -0.1) is 24.0 Å². The van der Waals surface area contributed by atoms with Crippen molar-refractivity contribution in [1.29, 1.82) is 0 Å². The smallest absolute Gasteiger partial charge is 0.193 e. The van der Waals surface area contributed by atoms with Crippen LogP contribution in [0.5, 0.6) is 0 Å². The molecule has 1 N–H and O–H groups in total. The topological polar surface area (TPSA) is 61.8 Å². The summed E-state index contributed by atoms with van der Waals surface area (Å²) in [7, 11) is 0.487. The van der Waals surface area contributed by atoms with Crippen LogP contribution in [-0.4, -0.2) is 50.4 Å². The lowest BCUT2D eigenvalue weighted by Gasteiger charge is -2.23. The lowest BCUT2D eigenvalue weighted by molar-refractivity contribution is 0.478. The van der Waals surface area contributed by atoms with Crippen LogP contribution in [0.4, 0.5) is 0 Å². The molecule has 0 aliphatic carbocycles. The molecule has 0 unspecified atom stereocenters. The van der Waals surface area contributed by atoms with Gasteiger partial charge in [0.15, 0.2) is 15.8 Å². The highest BCUT2D eigenvalue weighted by Gasteiger charge is 2.28. The van der Waals surface area contributed by atoms with Gasteiger partial charge in [0.05, 0.1) is 10.5 Å². The highest BCUT2D eigenvalue weighted by Crippen LogP contribution is 2.15. The van der Waals surface area contributed by atoms with E-state index in [1.54, 1.807) is 27.8 Å². The molecule has 0 aromatic heterocycles. The van der Waals surface area contributed by atoms with Gasteiger partial charge in [0.25, 0.3) is 0 Å². The minimum atomic E-state index is -3.13. The molecule has 0 bridgehead atoms. The predicted octanol–water partition coefficient (Wildman–Crippen LogP) is 3.29. The third-order valence-electron chi connectivity index (χ3n) is 3.49. The van der Waals surface area contributed by atoms with Crippen LogP contribution in [0.2, 0.25) is 0 Å². The highest BCUT2D eigenvalue weighted by atomic mass is 127. The summed E-state index contributed by atoms with van der Waals surface area (Å²) in [6.45, 7) is 6.19. The van der Waals surface area contributed by atoms with E-state index < -0.39 is 14.6 Å². The van der Waals surface area contributed by atoms with Gasteiger partial charge in [0.1, 0.15) is 0 Å². The Hall–Kier alpha value is -0.350. The quantitative estimate of drug-likeness (QED) is 0.360. The Kier molecular flexibility index (Phi) is 9.81. The Labute approximate surface area is 171 Å². The summed E-state index contributed by atoms with van der Waals surface area (Å²) < 4.78 is 24.5. The van der Waals surface area contributed by atoms with Gasteiger partial charge >= 0.3 is 0 Å². The summed E-state index contributed by atoms with van der Waals surface area (Å²) >= 11 is 3.42. The number of nitrogens with one attached hydrogen (secondary N) is 1. The summed E-state index contributed by atoms with van der Waals surface area (Å²) in [5, 5.41) is 3.12. The van der Waals surface area contributed by atoms with Gasteiger partial charge in [0, 0.05) is 31.7 Å². The molecule has 0 saturated heterocycles. The van der Waals surface area contributed by atoms with Gasteiger partial charge in [-0.3, -0.25) is 4.99 Å². The first-order valence-corrected chi connectivity index (χ1v) is 9.90. The SMILES string of the molecule is CN=C(NCCS(=O)(=O)C(C)(C)C)N(C)Cc1ccc(Br)cc1.I. The van der Waals surface area contributed by atoms with E-state index in [4.69, 9.17) is 0 Å². The standard InChI is InChI=1S/C16H26BrN3O2S.HI/c1-16(2,3)23(21,22)11-10-19-15(18-4)20(5)12-13-6-8-14(17)9-7-13;/h6-9H,10-12H2,1-5H3,(H,18,19);1H. The Morgan fingerprint density at radius 3 is 2.25 bits per heavy atom. The summed E-state index contributed by atoms with van der Waals surface area (Å²) in [6, 6.07) is 8.07. The predicted molar refractivity (Wildman–Crippen MR) is 116 cm³/mol. The zero-order chi connectivity index (χ0) is 17.7. The fraction of sp³-hybridized carbons (Fsp3) is 0.562. The van der Waals surface area contributed by atoms with Crippen molar-refractivity contribution in [2.45, 2.75) is 32.1 Å². The Balaban J connectivity index is 0.00000529. The van der Waals surface area contributed by atoms with E-state index in [0.717, 1.165) is 10.0 Å². The number of benzene rings is 1. The Morgan fingerprint density at radius 2 is 1.79 bits per heavy atom. The van der Waals surface area contributed by atoms with Crippen molar-refractivity contribution in [3.05, 3.63) is 34.3 Å². The minimum Gasteiger partial charge on any atom is -0.355 e. The van der Waals surface area contributed by atoms with E-state index in [1.165, 1.54) is 0 Å². The molecule has 138 valence electrons. The number of guanidine groups is 1. The van der Waals surface area contributed by atoms with Crippen molar-refractivity contribution in [2.75, 3.05) is 26.4 Å². The van der Waals surface area contributed by atoms with Crippen LogP contribution >= 0.6 is 39.9 Å². The van der Waals surface area contributed by atoms with Gasteiger partial charge in [0.2, 0.25) is 0 Å². The Bertz CT molecular complexity index is 640. The molecule has 0 aliphatic rings. The molecule has 8 heteroatoms. The largest absolute Gasteiger partial charge is 0.355 e. The number of aliphatic imine (C=N–C) groups is 1.